The number of nitrogens with one attached hydrogen (secondary N) is 1. The zero-order valence-electron chi connectivity index (χ0n) is 5.03. The van der Waals surface area contributed by atoms with Crippen molar-refractivity contribution in [1.82, 2.24) is 14.3 Å². The van der Waals surface area contributed by atoms with Crippen LogP contribution >= 0.6 is 11.5 Å². The molecule has 4 heteroatoms. The molecule has 3 nitrogen and oxygen atoms in total. The minimum atomic E-state index is 0.828. The van der Waals surface area contributed by atoms with Crippen LogP contribution in [0.15, 0.2) is 17.8 Å². The molecule has 49 valence electrons. The summed E-state index contributed by atoms with van der Waals surface area (Å²) in [6.07, 6.45) is 6.30. The van der Waals surface area contributed by atoms with Crippen LogP contribution in [0.2, 0.25) is 0 Å². The van der Waals surface area contributed by atoms with E-state index in [1.807, 2.05) is 5.38 Å². The van der Waals surface area contributed by atoms with Crippen molar-refractivity contribution < 1.29 is 0 Å². The first-order valence-corrected chi connectivity index (χ1v) is 3.62. The van der Waals surface area contributed by atoms with Crippen LogP contribution < -0.4 is 0 Å². The van der Waals surface area contributed by atoms with Crippen LogP contribution in [-0.4, -0.2) is 14.3 Å². The average Bonchev–Trinajstić information content (AvgIpc) is 2.59. The Morgan fingerprint density at radius 1 is 1.60 bits per heavy atom. The average molecular weight is 150 g/mol. The molecule has 1 radical (unpaired) electrons. The van der Waals surface area contributed by atoms with Crippen LogP contribution in [0.1, 0.15) is 0 Å². The molecule has 0 fully saturated rings. The molecule has 0 amide bonds. The van der Waals surface area contributed by atoms with Crippen molar-refractivity contribution in [3.63, 3.8) is 0 Å². The number of imidazole rings is 1. The van der Waals surface area contributed by atoms with Gasteiger partial charge in [0.05, 0.1) is 5.56 Å². The zero-order chi connectivity index (χ0) is 6.81. The number of hydrogen-bond donors (Lipinski definition) is 1. The Hall–Kier alpha value is -1.16. The number of nitrogens with zero attached hydrogens (tertiary/aromatic N) is 2. The number of hydrogen-bond acceptors (Lipinski definition) is 3. The highest BCUT2D eigenvalue weighted by atomic mass is 32.1. The Morgan fingerprint density at radius 3 is 3.20 bits per heavy atom. The lowest BCUT2D eigenvalue weighted by atomic mass is 10.4. The van der Waals surface area contributed by atoms with E-state index < -0.39 is 0 Å². The maximum atomic E-state index is 4.04. The molecule has 0 saturated heterocycles. The fourth-order valence-corrected chi connectivity index (χ4v) is 1.18. The Labute approximate surface area is 61.9 Å². The van der Waals surface area contributed by atoms with Crippen LogP contribution in [-0.2, 0) is 0 Å². The van der Waals surface area contributed by atoms with Gasteiger partial charge >= 0.3 is 0 Å². The van der Waals surface area contributed by atoms with Gasteiger partial charge in [0.25, 0.3) is 0 Å². The Balaban J connectivity index is 2.48. The predicted molar refractivity (Wildman–Crippen MR) is 38.5 cm³/mol. The van der Waals surface area contributed by atoms with E-state index in [0.717, 1.165) is 11.4 Å². The highest BCUT2D eigenvalue weighted by Crippen LogP contribution is 2.13. The van der Waals surface area contributed by atoms with Crippen LogP contribution in [0.5, 0.6) is 0 Å². The maximum absolute atomic E-state index is 4.04. The Morgan fingerprint density at radius 2 is 2.60 bits per heavy atom. The van der Waals surface area contributed by atoms with Gasteiger partial charge in [-0.25, -0.2) is 4.98 Å². The largest absolute Gasteiger partial charge is 0.345 e. The molecule has 1 N–H and O–H groups in total. The lowest BCUT2D eigenvalue weighted by Crippen LogP contribution is -1.74. The Bertz CT molecular complexity index is 252. The van der Waals surface area contributed by atoms with Gasteiger partial charge in [-0.1, -0.05) is 0 Å². The second-order valence-electron chi connectivity index (χ2n) is 1.78. The second-order valence-corrected chi connectivity index (χ2v) is 2.41. The van der Waals surface area contributed by atoms with E-state index >= 15 is 0 Å². The molecular weight excluding hydrogens is 146 g/mol. The van der Waals surface area contributed by atoms with Crippen molar-refractivity contribution >= 4 is 11.5 Å². The van der Waals surface area contributed by atoms with Crippen molar-refractivity contribution in [3.05, 3.63) is 24.0 Å². The first kappa shape index (κ1) is 5.61. The van der Waals surface area contributed by atoms with Crippen LogP contribution in [0, 0.1) is 6.20 Å². The SMILES string of the molecule is [c]1nscc1-c1ncc[nH]1. The van der Waals surface area contributed by atoms with Crippen LogP contribution in [0.3, 0.4) is 0 Å². The van der Waals surface area contributed by atoms with Gasteiger partial charge in [-0.3, -0.25) is 0 Å². The monoisotopic (exact) mass is 150 g/mol. The Kier molecular flexibility index (Phi) is 1.25. The minimum Gasteiger partial charge on any atom is -0.345 e. The third kappa shape index (κ3) is 0.823. The van der Waals surface area contributed by atoms with Gasteiger partial charge in [0.2, 0.25) is 0 Å². The normalized spacial score (nSPS) is 10.0. The van der Waals surface area contributed by atoms with Crippen molar-refractivity contribution in [3.8, 4) is 11.4 Å². The molecule has 2 aromatic rings. The van der Waals surface area contributed by atoms with Crippen LogP contribution in [0.4, 0.5) is 0 Å². The summed E-state index contributed by atoms with van der Waals surface area (Å²) in [7, 11) is 0. The van der Waals surface area contributed by atoms with E-state index in [2.05, 4.69) is 20.5 Å². The molecule has 2 rings (SSSR count). The summed E-state index contributed by atoms with van der Waals surface area (Å²) in [6.45, 7) is 0. The summed E-state index contributed by atoms with van der Waals surface area (Å²) in [4.78, 5) is 7.00. The molecule has 0 aliphatic rings. The summed E-state index contributed by atoms with van der Waals surface area (Å²) < 4.78 is 3.83. The summed E-state index contributed by atoms with van der Waals surface area (Å²) in [6, 6.07) is 0. The van der Waals surface area contributed by atoms with Gasteiger partial charge in [-0.05, 0) is 11.5 Å². The van der Waals surface area contributed by atoms with E-state index in [0.29, 0.717) is 0 Å². The minimum absolute atomic E-state index is 0.828. The highest BCUT2D eigenvalue weighted by Gasteiger charge is 1.98. The fraction of sp³-hybridized carbons (Fsp3) is 0. The van der Waals surface area contributed by atoms with E-state index in [4.69, 9.17) is 0 Å². The highest BCUT2D eigenvalue weighted by molar-refractivity contribution is 7.03. The molecule has 0 bridgehead atoms. The molecule has 0 spiro atoms. The molecule has 0 saturated carbocycles. The molecule has 0 atom stereocenters. The van der Waals surface area contributed by atoms with E-state index in [-0.39, 0.29) is 0 Å². The van der Waals surface area contributed by atoms with Gasteiger partial charge in [0, 0.05) is 17.8 Å². The second kappa shape index (κ2) is 2.22. The maximum Gasteiger partial charge on any atom is 0.140 e. The molecule has 0 aliphatic heterocycles. The van der Waals surface area contributed by atoms with Gasteiger partial charge in [0.15, 0.2) is 0 Å². The van der Waals surface area contributed by atoms with Crippen molar-refractivity contribution in [2.45, 2.75) is 0 Å². The summed E-state index contributed by atoms with van der Waals surface area (Å²) in [5.74, 6) is 0.828. The topological polar surface area (TPSA) is 41.6 Å². The molecule has 10 heavy (non-hydrogen) atoms. The zero-order valence-corrected chi connectivity index (χ0v) is 5.85. The van der Waals surface area contributed by atoms with E-state index in [1.54, 1.807) is 12.4 Å². The van der Waals surface area contributed by atoms with Gasteiger partial charge < -0.3 is 4.98 Å². The van der Waals surface area contributed by atoms with Gasteiger partial charge in [-0.15, -0.1) is 0 Å². The standard InChI is InChI=1S/C6H4N3S/c1-2-8-6(7-1)5-3-9-10-4-5/h1-2,4H,(H,7,8). The predicted octanol–water partition coefficient (Wildman–Crippen LogP) is 1.33. The summed E-state index contributed by atoms with van der Waals surface area (Å²) >= 11 is 1.37. The first-order valence-electron chi connectivity index (χ1n) is 2.78. The number of rotatable bonds is 1. The quantitative estimate of drug-likeness (QED) is 0.666. The third-order valence-electron chi connectivity index (χ3n) is 1.14. The number of H-pyrrole nitrogens is 1. The summed E-state index contributed by atoms with van der Waals surface area (Å²) in [5, 5.41) is 1.90. The van der Waals surface area contributed by atoms with E-state index in [9.17, 15) is 0 Å². The third-order valence-corrected chi connectivity index (χ3v) is 1.68. The van der Waals surface area contributed by atoms with Crippen molar-refractivity contribution in [2.24, 2.45) is 0 Å². The molecule has 2 aromatic heterocycles. The fourth-order valence-electron chi connectivity index (χ4n) is 0.702. The molecular formula is C6H4N3S. The van der Waals surface area contributed by atoms with Crippen LogP contribution in [0.25, 0.3) is 11.4 Å². The smallest absolute Gasteiger partial charge is 0.140 e. The number of aromatic nitrogens is 3. The molecule has 2 heterocycles. The lowest BCUT2D eigenvalue weighted by Gasteiger charge is -1.83. The van der Waals surface area contributed by atoms with Crippen molar-refractivity contribution in [2.75, 3.05) is 0 Å². The first-order chi connectivity index (χ1) is 4.97. The molecule has 0 unspecified atom stereocenters. The number of aromatic amines is 1. The molecule has 0 aromatic carbocycles. The van der Waals surface area contributed by atoms with E-state index in [1.165, 1.54) is 11.5 Å². The lowest BCUT2D eigenvalue weighted by molar-refractivity contribution is 1.31. The van der Waals surface area contributed by atoms with Crippen molar-refractivity contribution in [1.29, 1.82) is 0 Å². The molecule has 0 aliphatic carbocycles. The van der Waals surface area contributed by atoms with Gasteiger partial charge in [0.1, 0.15) is 12.0 Å². The van der Waals surface area contributed by atoms with Gasteiger partial charge in [-0.2, -0.15) is 4.37 Å². The summed E-state index contributed by atoms with van der Waals surface area (Å²) in [5.41, 5.74) is 0.926.